The number of amides is 1. The Bertz CT molecular complexity index is 584. The number of carbonyl (C=O) groups excluding carboxylic acids is 1. The van der Waals surface area contributed by atoms with E-state index < -0.39 is 10.0 Å². The molecule has 0 atom stereocenters. The van der Waals surface area contributed by atoms with Gasteiger partial charge in [0.15, 0.2) is 0 Å². The first kappa shape index (κ1) is 17.7. The van der Waals surface area contributed by atoms with E-state index in [0.29, 0.717) is 19.5 Å². The Balaban J connectivity index is 2.93. The van der Waals surface area contributed by atoms with Crippen LogP contribution in [0.1, 0.15) is 25.8 Å². The number of aryl methyl sites for hydroxylation is 1. The molecule has 0 saturated carbocycles. The van der Waals surface area contributed by atoms with Gasteiger partial charge in [0.05, 0.1) is 12.8 Å². The number of benzene rings is 1. The average molecular weight is 312 g/mol. The summed E-state index contributed by atoms with van der Waals surface area (Å²) in [7, 11) is -3.37. The van der Waals surface area contributed by atoms with Crippen LogP contribution in [-0.2, 0) is 14.8 Å². The van der Waals surface area contributed by atoms with Crippen molar-refractivity contribution in [2.24, 2.45) is 0 Å². The van der Waals surface area contributed by atoms with Crippen molar-refractivity contribution in [3.63, 3.8) is 0 Å². The molecule has 0 aliphatic carbocycles. The fraction of sp³-hybridized carbons (Fsp3) is 0.533. The predicted octanol–water partition coefficient (Wildman–Crippen LogP) is 2.02. The second kappa shape index (κ2) is 7.56. The molecule has 0 fully saturated rings. The SMILES string of the molecule is CCCN(CC(=O)N(CC)c1cccc(C)c1)S(C)(=O)=O. The monoisotopic (exact) mass is 312 g/mol. The molecule has 0 spiro atoms. The minimum Gasteiger partial charge on any atom is -0.312 e. The van der Waals surface area contributed by atoms with Crippen LogP contribution in [0.4, 0.5) is 5.69 Å². The molecule has 0 unspecified atom stereocenters. The number of hydrogen-bond acceptors (Lipinski definition) is 3. The zero-order valence-electron chi connectivity index (χ0n) is 13.2. The molecular formula is C15H24N2O3S. The van der Waals surface area contributed by atoms with E-state index in [1.54, 1.807) is 4.90 Å². The van der Waals surface area contributed by atoms with Gasteiger partial charge in [0, 0.05) is 18.8 Å². The fourth-order valence-electron chi connectivity index (χ4n) is 2.15. The topological polar surface area (TPSA) is 57.7 Å². The van der Waals surface area contributed by atoms with Gasteiger partial charge in [-0.05, 0) is 38.0 Å². The number of hydrogen-bond donors (Lipinski definition) is 0. The number of anilines is 1. The molecule has 6 heteroatoms. The van der Waals surface area contributed by atoms with Crippen LogP contribution in [0.15, 0.2) is 24.3 Å². The van der Waals surface area contributed by atoms with Crippen molar-refractivity contribution in [2.75, 3.05) is 30.8 Å². The molecule has 0 heterocycles. The molecule has 0 saturated heterocycles. The molecule has 1 aromatic carbocycles. The normalized spacial score (nSPS) is 11.7. The van der Waals surface area contributed by atoms with Crippen LogP contribution in [0.25, 0.3) is 0 Å². The summed E-state index contributed by atoms with van der Waals surface area (Å²) in [6.07, 6.45) is 1.82. The molecule has 118 valence electrons. The summed E-state index contributed by atoms with van der Waals surface area (Å²) >= 11 is 0. The first-order valence-corrected chi connectivity index (χ1v) is 8.96. The highest BCUT2D eigenvalue weighted by Gasteiger charge is 2.23. The lowest BCUT2D eigenvalue weighted by molar-refractivity contribution is -0.118. The van der Waals surface area contributed by atoms with E-state index in [2.05, 4.69) is 0 Å². The van der Waals surface area contributed by atoms with Gasteiger partial charge >= 0.3 is 0 Å². The van der Waals surface area contributed by atoms with E-state index in [1.165, 1.54) is 4.31 Å². The molecule has 0 aromatic heterocycles. The third kappa shape index (κ3) is 5.13. The molecule has 1 aromatic rings. The van der Waals surface area contributed by atoms with Crippen LogP contribution in [0.2, 0.25) is 0 Å². The van der Waals surface area contributed by atoms with Gasteiger partial charge in [-0.3, -0.25) is 4.79 Å². The van der Waals surface area contributed by atoms with Crippen molar-refractivity contribution in [2.45, 2.75) is 27.2 Å². The summed E-state index contributed by atoms with van der Waals surface area (Å²) in [4.78, 5) is 14.0. The van der Waals surface area contributed by atoms with Crippen molar-refractivity contribution in [3.05, 3.63) is 29.8 Å². The number of nitrogens with zero attached hydrogens (tertiary/aromatic N) is 2. The molecular weight excluding hydrogens is 288 g/mol. The first-order valence-electron chi connectivity index (χ1n) is 7.11. The number of rotatable bonds is 7. The highest BCUT2D eigenvalue weighted by molar-refractivity contribution is 7.88. The lowest BCUT2D eigenvalue weighted by Gasteiger charge is -2.25. The average Bonchev–Trinajstić information content (AvgIpc) is 2.38. The molecule has 0 N–H and O–H groups in total. The van der Waals surface area contributed by atoms with Crippen LogP contribution in [0, 0.1) is 6.92 Å². The molecule has 0 radical (unpaired) electrons. The molecule has 1 amide bonds. The van der Waals surface area contributed by atoms with Gasteiger partial charge in [0.25, 0.3) is 0 Å². The standard InChI is InChI=1S/C15H24N2O3S/c1-5-10-16(21(4,19)20)12-15(18)17(6-2)14-9-7-8-13(3)11-14/h7-9,11H,5-6,10,12H2,1-4H3. The van der Waals surface area contributed by atoms with Crippen LogP contribution < -0.4 is 4.90 Å². The smallest absolute Gasteiger partial charge is 0.242 e. The summed E-state index contributed by atoms with van der Waals surface area (Å²) in [5.41, 5.74) is 1.86. The minimum atomic E-state index is -3.37. The number of likely N-dealkylation sites (N-methyl/N-ethyl adjacent to an activating group) is 1. The van der Waals surface area contributed by atoms with Gasteiger partial charge in [-0.15, -0.1) is 0 Å². The quantitative estimate of drug-likeness (QED) is 0.774. The summed E-state index contributed by atoms with van der Waals surface area (Å²) in [6, 6.07) is 7.63. The lowest BCUT2D eigenvalue weighted by Crippen LogP contribution is -2.43. The lowest BCUT2D eigenvalue weighted by atomic mass is 10.2. The molecule has 0 aliphatic rings. The number of carbonyl (C=O) groups is 1. The van der Waals surface area contributed by atoms with Gasteiger partial charge in [-0.1, -0.05) is 19.1 Å². The molecule has 1 rings (SSSR count). The van der Waals surface area contributed by atoms with E-state index in [9.17, 15) is 13.2 Å². The van der Waals surface area contributed by atoms with Crippen LogP contribution >= 0.6 is 0 Å². The predicted molar refractivity (Wildman–Crippen MR) is 85.9 cm³/mol. The maximum absolute atomic E-state index is 12.4. The van der Waals surface area contributed by atoms with Gasteiger partial charge in [-0.25, -0.2) is 8.42 Å². The summed E-state index contributed by atoms with van der Waals surface area (Å²) < 4.78 is 24.7. The third-order valence-electron chi connectivity index (χ3n) is 3.18. The highest BCUT2D eigenvalue weighted by atomic mass is 32.2. The van der Waals surface area contributed by atoms with Crippen molar-refractivity contribution >= 4 is 21.6 Å². The van der Waals surface area contributed by atoms with Crippen LogP contribution in [0.3, 0.4) is 0 Å². The molecule has 21 heavy (non-hydrogen) atoms. The second-order valence-corrected chi connectivity index (χ2v) is 7.06. The Morgan fingerprint density at radius 3 is 2.38 bits per heavy atom. The van der Waals surface area contributed by atoms with Crippen LogP contribution in [0.5, 0.6) is 0 Å². The van der Waals surface area contributed by atoms with E-state index in [4.69, 9.17) is 0 Å². The van der Waals surface area contributed by atoms with E-state index in [1.807, 2.05) is 45.0 Å². The van der Waals surface area contributed by atoms with Gasteiger partial charge in [0.2, 0.25) is 15.9 Å². The second-order valence-electron chi connectivity index (χ2n) is 5.07. The summed E-state index contributed by atoms with van der Waals surface area (Å²) in [5, 5.41) is 0. The first-order chi connectivity index (χ1) is 9.79. The largest absolute Gasteiger partial charge is 0.312 e. The molecule has 5 nitrogen and oxygen atoms in total. The summed E-state index contributed by atoms with van der Waals surface area (Å²) in [6.45, 7) is 6.48. The molecule has 0 aliphatic heterocycles. The number of sulfonamides is 1. The molecule has 0 bridgehead atoms. The van der Waals surface area contributed by atoms with E-state index >= 15 is 0 Å². The highest BCUT2D eigenvalue weighted by Crippen LogP contribution is 2.16. The zero-order valence-corrected chi connectivity index (χ0v) is 14.0. The Morgan fingerprint density at radius 1 is 1.24 bits per heavy atom. The maximum atomic E-state index is 12.4. The maximum Gasteiger partial charge on any atom is 0.242 e. The van der Waals surface area contributed by atoms with Crippen molar-refractivity contribution < 1.29 is 13.2 Å². The Kier molecular flexibility index (Phi) is 6.36. The zero-order chi connectivity index (χ0) is 16.0. The van der Waals surface area contributed by atoms with Crippen molar-refractivity contribution in [1.82, 2.24) is 4.31 Å². The summed E-state index contributed by atoms with van der Waals surface area (Å²) in [5.74, 6) is -0.207. The van der Waals surface area contributed by atoms with Crippen molar-refractivity contribution in [3.8, 4) is 0 Å². The third-order valence-corrected chi connectivity index (χ3v) is 4.43. The van der Waals surface area contributed by atoms with Crippen molar-refractivity contribution in [1.29, 1.82) is 0 Å². The fourth-order valence-corrected chi connectivity index (χ4v) is 3.01. The van der Waals surface area contributed by atoms with E-state index in [-0.39, 0.29) is 12.5 Å². The van der Waals surface area contributed by atoms with Crippen LogP contribution in [-0.4, -0.2) is 44.5 Å². The van der Waals surface area contributed by atoms with E-state index in [0.717, 1.165) is 17.5 Å². The Hall–Kier alpha value is -1.40. The Morgan fingerprint density at radius 2 is 1.90 bits per heavy atom. The van der Waals surface area contributed by atoms with Gasteiger partial charge in [0.1, 0.15) is 0 Å². The van der Waals surface area contributed by atoms with Gasteiger partial charge < -0.3 is 4.90 Å². The minimum absolute atomic E-state index is 0.117. The van der Waals surface area contributed by atoms with Gasteiger partial charge in [-0.2, -0.15) is 4.31 Å². The Labute approximate surface area is 127 Å².